The van der Waals surface area contributed by atoms with Gasteiger partial charge in [0.05, 0.1) is 4.90 Å². The van der Waals surface area contributed by atoms with Crippen LogP contribution < -0.4 is 14.9 Å². The molecule has 30 heavy (non-hydrogen) atoms. The minimum Gasteiger partial charge on any atom is -0.370 e. The number of amides is 1. The predicted molar refractivity (Wildman–Crippen MR) is 115 cm³/mol. The Morgan fingerprint density at radius 1 is 1.20 bits per heavy atom. The zero-order chi connectivity index (χ0) is 21.1. The van der Waals surface area contributed by atoms with Gasteiger partial charge in [0.25, 0.3) is 10.0 Å². The number of fused-ring (bicyclic) bond motifs is 1. The number of nitrogens with zero attached hydrogens (tertiary/aromatic N) is 2. The first-order chi connectivity index (χ1) is 14.4. The van der Waals surface area contributed by atoms with E-state index in [-0.39, 0.29) is 23.0 Å². The lowest BCUT2D eigenvalue weighted by molar-refractivity contribution is -0.116. The summed E-state index contributed by atoms with van der Waals surface area (Å²) in [6.45, 7) is 1.28. The Bertz CT molecular complexity index is 1150. The second-order valence-corrected chi connectivity index (χ2v) is 9.35. The zero-order valence-electron chi connectivity index (χ0n) is 15.8. The van der Waals surface area contributed by atoms with Crippen LogP contribution in [0.4, 0.5) is 20.9 Å². The second-order valence-electron chi connectivity index (χ2n) is 6.78. The Kier molecular flexibility index (Phi) is 5.69. The lowest BCUT2D eigenvalue weighted by Crippen LogP contribution is -2.26. The van der Waals surface area contributed by atoms with Crippen molar-refractivity contribution in [2.45, 2.75) is 17.7 Å². The Morgan fingerprint density at radius 3 is 2.73 bits per heavy atom. The summed E-state index contributed by atoms with van der Waals surface area (Å²) in [4.78, 5) is 18.3. The van der Waals surface area contributed by atoms with Crippen molar-refractivity contribution >= 4 is 43.8 Å². The minimum absolute atomic E-state index is 0.0802. The van der Waals surface area contributed by atoms with Crippen LogP contribution in [0.5, 0.6) is 0 Å². The summed E-state index contributed by atoms with van der Waals surface area (Å²) in [6, 6.07) is 10.6. The maximum atomic E-state index is 13.3. The maximum Gasteiger partial charge on any atom is 0.263 e. The largest absolute Gasteiger partial charge is 0.370 e. The molecule has 0 bridgehead atoms. The highest BCUT2D eigenvalue weighted by molar-refractivity contribution is 7.93. The monoisotopic (exact) mass is 446 g/mol. The molecule has 2 heterocycles. The molecule has 1 amide bonds. The highest BCUT2D eigenvalue weighted by Gasteiger charge is 2.20. The van der Waals surface area contributed by atoms with Gasteiger partial charge in [0.1, 0.15) is 5.82 Å². The van der Waals surface area contributed by atoms with Crippen LogP contribution in [0.25, 0.3) is 0 Å². The van der Waals surface area contributed by atoms with Gasteiger partial charge in [0.2, 0.25) is 5.91 Å². The fourth-order valence-corrected chi connectivity index (χ4v) is 5.08. The molecule has 1 aromatic heterocycles. The van der Waals surface area contributed by atoms with Gasteiger partial charge in [-0.1, -0.05) is 0 Å². The number of hydrogen-bond acceptors (Lipinski definition) is 6. The molecule has 0 fully saturated rings. The van der Waals surface area contributed by atoms with Crippen molar-refractivity contribution in [2.24, 2.45) is 0 Å². The summed E-state index contributed by atoms with van der Waals surface area (Å²) >= 11 is 1.19. The van der Waals surface area contributed by atoms with Gasteiger partial charge >= 0.3 is 0 Å². The van der Waals surface area contributed by atoms with Crippen LogP contribution in [-0.4, -0.2) is 32.4 Å². The molecule has 0 unspecified atom stereocenters. The molecule has 7 nitrogen and oxygen atoms in total. The fraction of sp³-hybridized carbons (Fsp3) is 0.200. The molecule has 1 aliphatic rings. The number of carbonyl (C=O) groups is 1. The Balaban J connectivity index is 1.32. The van der Waals surface area contributed by atoms with Gasteiger partial charge in [-0.3, -0.25) is 9.52 Å². The van der Waals surface area contributed by atoms with Crippen LogP contribution in [0.3, 0.4) is 0 Å². The van der Waals surface area contributed by atoms with E-state index >= 15 is 0 Å². The van der Waals surface area contributed by atoms with Crippen molar-refractivity contribution in [3.63, 3.8) is 0 Å². The van der Waals surface area contributed by atoms with Crippen molar-refractivity contribution in [1.82, 2.24) is 4.98 Å². The molecule has 2 aromatic carbocycles. The third kappa shape index (κ3) is 4.60. The van der Waals surface area contributed by atoms with Crippen molar-refractivity contribution in [3.8, 4) is 0 Å². The minimum atomic E-state index is -3.73. The summed E-state index contributed by atoms with van der Waals surface area (Å²) < 4.78 is 40.4. The summed E-state index contributed by atoms with van der Waals surface area (Å²) in [6.07, 6.45) is 2.54. The first-order valence-corrected chi connectivity index (χ1v) is 11.6. The number of anilines is 3. The molecular weight excluding hydrogens is 427 g/mol. The first kappa shape index (κ1) is 20.3. The van der Waals surface area contributed by atoms with E-state index in [1.54, 1.807) is 23.6 Å². The number of sulfonamides is 1. The highest BCUT2D eigenvalue weighted by atomic mass is 32.2. The van der Waals surface area contributed by atoms with Gasteiger partial charge in [-0.15, -0.1) is 11.3 Å². The number of nitrogens with one attached hydrogen (secondary N) is 2. The Hall–Kier alpha value is -2.98. The molecule has 0 aliphatic carbocycles. The third-order valence-corrected chi connectivity index (χ3v) is 6.92. The molecule has 10 heteroatoms. The maximum absolute atomic E-state index is 13.3. The van der Waals surface area contributed by atoms with E-state index in [0.717, 1.165) is 24.2 Å². The molecule has 4 rings (SSSR count). The number of thiazole rings is 1. The quantitative estimate of drug-likeness (QED) is 0.580. The van der Waals surface area contributed by atoms with Crippen LogP contribution >= 0.6 is 11.3 Å². The topological polar surface area (TPSA) is 91.4 Å². The van der Waals surface area contributed by atoms with Gasteiger partial charge in [-0.05, 0) is 54.4 Å². The standard InChI is InChI=1S/C20H19FN4O3S2/c21-15-1-6-18-14(13-15)7-10-25(18)11-8-19(26)23-16-2-4-17(5-3-16)30(27,28)24-20-22-9-12-29-20/h1-6,9,12-13H,7-8,10-11H2,(H,22,24)(H,23,26). The fourth-order valence-electron chi connectivity index (χ4n) is 3.30. The normalized spacial score (nSPS) is 13.2. The summed E-state index contributed by atoms with van der Waals surface area (Å²) in [5.41, 5.74) is 2.43. The molecule has 2 N–H and O–H groups in total. The summed E-state index contributed by atoms with van der Waals surface area (Å²) in [7, 11) is -3.73. The lowest BCUT2D eigenvalue weighted by atomic mass is 10.1. The number of aromatic nitrogens is 1. The van der Waals surface area contributed by atoms with E-state index in [2.05, 4.69) is 19.9 Å². The van der Waals surface area contributed by atoms with E-state index in [0.29, 0.717) is 17.4 Å². The van der Waals surface area contributed by atoms with Crippen LogP contribution in [0, 0.1) is 5.82 Å². The highest BCUT2D eigenvalue weighted by Crippen LogP contribution is 2.28. The Morgan fingerprint density at radius 2 is 2.00 bits per heavy atom. The van der Waals surface area contributed by atoms with Crippen LogP contribution in [0.15, 0.2) is 58.9 Å². The number of halogens is 1. The average molecular weight is 447 g/mol. The van der Waals surface area contributed by atoms with Gasteiger partial charge in [0, 0.05) is 42.5 Å². The molecule has 0 saturated carbocycles. The number of hydrogen-bond donors (Lipinski definition) is 2. The summed E-state index contributed by atoms with van der Waals surface area (Å²) in [5, 5.41) is 4.74. The van der Waals surface area contributed by atoms with Gasteiger partial charge < -0.3 is 10.2 Å². The van der Waals surface area contributed by atoms with E-state index in [1.807, 2.05) is 0 Å². The molecular formula is C20H19FN4O3S2. The Labute approximate surface area is 177 Å². The van der Waals surface area contributed by atoms with Crippen molar-refractivity contribution in [2.75, 3.05) is 28.0 Å². The molecule has 0 saturated heterocycles. The summed E-state index contributed by atoms with van der Waals surface area (Å²) in [5.74, 6) is -0.428. The van der Waals surface area contributed by atoms with Crippen molar-refractivity contribution < 1.29 is 17.6 Å². The molecule has 3 aromatic rings. The van der Waals surface area contributed by atoms with E-state index in [4.69, 9.17) is 0 Å². The second kappa shape index (κ2) is 8.41. The van der Waals surface area contributed by atoms with Crippen LogP contribution in [0.1, 0.15) is 12.0 Å². The van der Waals surface area contributed by atoms with Gasteiger partial charge in [0.15, 0.2) is 5.13 Å². The van der Waals surface area contributed by atoms with Gasteiger partial charge in [-0.25, -0.2) is 17.8 Å². The van der Waals surface area contributed by atoms with Crippen molar-refractivity contribution in [1.29, 1.82) is 0 Å². The smallest absolute Gasteiger partial charge is 0.263 e. The van der Waals surface area contributed by atoms with Gasteiger partial charge in [-0.2, -0.15) is 0 Å². The average Bonchev–Trinajstić information content (AvgIpc) is 3.36. The van der Waals surface area contributed by atoms with Crippen LogP contribution in [-0.2, 0) is 21.2 Å². The molecule has 0 spiro atoms. The predicted octanol–water partition coefficient (Wildman–Crippen LogP) is 3.47. The molecule has 0 radical (unpaired) electrons. The first-order valence-electron chi connectivity index (χ1n) is 9.26. The molecule has 0 atom stereocenters. The zero-order valence-corrected chi connectivity index (χ0v) is 17.5. The number of benzene rings is 2. The van der Waals surface area contributed by atoms with E-state index in [1.165, 1.54) is 41.8 Å². The number of rotatable bonds is 7. The molecule has 1 aliphatic heterocycles. The molecule has 156 valence electrons. The third-order valence-electron chi connectivity index (χ3n) is 4.74. The SMILES string of the molecule is O=C(CCN1CCc2cc(F)ccc21)Nc1ccc(S(=O)(=O)Nc2nccs2)cc1. The van der Waals surface area contributed by atoms with E-state index < -0.39 is 10.0 Å². The van der Waals surface area contributed by atoms with Crippen LogP contribution in [0.2, 0.25) is 0 Å². The lowest BCUT2D eigenvalue weighted by Gasteiger charge is -2.19. The number of carbonyl (C=O) groups excluding carboxylic acids is 1. The van der Waals surface area contributed by atoms with Crippen molar-refractivity contribution in [3.05, 3.63) is 65.4 Å². The van der Waals surface area contributed by atoms with E-state index in [9.17, 15) is 17.6 Å².